The number of thiazole rings is 1. The van der Waals surface area contributed by atoms with Gasteiger partial charge >= 0.3 is 0 Å². The van der Waals surface area contributed by atoms with Crippen molar-refractivity contribution in [3.05, 3.63) is 82.3 Å². The van der Waals surface area contributed by atoms with Crippen molar-refractivity contribution in [3.8, 4) is 5.75 Å². The van der Waals surface area contributed by atoms with E-state index in [1.54, 1.807) is 36.3 Å². The van der Waals surface area contributed by atoms with Gasteiger partial charge in [-0.1, -0.05) is 64.9 Å². The fourth-order valence-electron chi connectivity index (χ4n) is 4.55. The van der Waals surface area contributed by atoms with E-state index in [4.69, 9.17) is 32.9 Å². The number of carbonyl (C=O) groups excluding carboxylic acids is 1. The Labute approximate surface area is 235 Å². The molecule has 1 aliphatic heterocycles. The molecular weight excluding hydrogens is 565 g/mol. The minimum atomic E-state index is -3.67. The van der Waals surface area contributed by atoms with Crippen LogP contribution in [0, 0.1) is 5.92 Å². The van der Waals surface area contributed by atoms with Gasteiger partial charge in [0.2, 0.25) is 15.9 Å². The van der Waals surface area contributed by atoms with Crippen molar-refractivity contribution in [3.63, 3.8) is 0 Å². The van der Waals surface area contributed by atoms with Crippen molar-refractivity contribution in [1.29, 1.82) is 0 Å². The van der Waals surface area contributed by atoms with Crippen LogP contribution in [0.15, 0.2) is 71.6 Å². The van der Waals surface area contributed by atoms with E-state index in [0.29, 0.717) is 45.8 Å². The Balaban J connectivity index is 1.40. The summed E-state index contributed by atoms with van der Waals surface area (Å²) in [7, 11) is -2.10. The summed E-state index contributed by atoms with van der Waals surface area (Å²) in [6, 6.07) is 19.3. The van der Waals surface area contributed by atoms with E-state index in [1.165, 1.54) is 27.8 Å². The highest BCUT2D eigenvalue weighted by atomic mass is 35.5. The van der Waals surface area contributed by atoms with Crippen LogP contribution in [0.5, 0.6) is 5.75 Å². The molecule has 5 rings (SSSR count). The van der Waals surface area contributed by atoms with Crippen molar-refractivity contribution >= 4 is 65.8 Å². The Morgan fingerprint density at radius 1 is 1.05 bits per heavy atom. The Hall–Kier alpha value is -2.69. The van der Waals surface area contributed by atoms with Gasteiger partial charge in [-0.05, 0) is 54.8 Å². The summed E-state index contributed by atoms with van der Waals surface area (Å²) in [5, 5.41) is 1.54. The molecule has 198 valence electrons. The van der Waals surface area contributed by atoms with Gasteiger partial charge in [0.25, 0.3) is 0 Å². The van der Waals surface area contributed by atoms with Crippen molar-refractivity contribution in [2.45, 2.75) is 24.3 Å². The van der Waals surface area contributed by atoms with Crippen LogP contribution < -0.4 is 9.64 Å². The first-order valence-electron chi connectivity index (χ1n) is 12.0. The van der Waals surface area contributed by atoms with Crippen LogP contribution in [0.25, 0.3) is 10.2 Å². The lowest BCUT2D eigenvalue weighted by Crippen LogP contribution is -2.44. The van der Waals surface area contributed by atoms with E-state index >= 15 is 0 Å². The van der Waals surface area contributed by atoms with E-state index < -0.39 is 10.0 Å². The summed E-state index contributed by atoms with van der Waals surface area (Å²) in [6.07, 6.45) is 0.817. The highest BCUT2D eigenvalue weighted by Gasteiger charge is 2.35. The fraction of sp³-hybridized carbons (Fsp3) is 0.259. The van der Waals surface area contributed by atoms with Gasteiger partial charge in [0.05, 0.1) is 28.3 Å². The van der Waals surface area contributed by atoms with E-state index in [-0.39, 0.29) is 29.8 Å². The van der Waals surface area contributed by atoms with Crippen LogP contribution in [-0.2, 0) is 21.4 Å². The smallest absolute Gasteiger partial charge is 0.243 e. The lowest BCUT2D eigenvalue weighted by Gasteiger charge is -2.33. The van der Waals surface area contributed by atoms with Crippen LogP contribution in [0.1, 0.15) is 18.4 Å². The number of nitrogens with zero attached hydrogens (tertiary/aromatic N) is 3. The summed E-state index contributed by atoms with van der Waals surface area (Å²) in [5.74, 6) is 0.144. The largest absolute Gasteiger partial charge is 0.494 e. The second-order valence-electron chi connectivity index (χ2n) is 8.97. The number of ether oxygens (including phenoxy) is 1. The molecule has 0 aliphatic carbocycles. The molecule has 0 spiro atoms. The minimum absolute atomic E-state index is 0.0912. The molecular formula is C27H25Cl2N3O4S2. The Morgan fingerprint density at radius 2 is 1.74 bits per heavy atom. The van der Waals surface area contributed by atoms with Crippen molar-refractivity contribution in [1.82, 2.24) is 9.29 Å². The topological polar surface area (TPSA) is 79.8 Å². The lowest BCUT2D eigenvalue weighted by atomic mass is 9.96. The van der Waals surface area contributed by atoms with E-state index in [2.05, 4.69) is 0 Å². The lowest BCUT2D eigenvalue weighted by molar-refractivity contribution is -0.123. The molecule has 1 fully saturated rings. The molecule has 38 heavy (non-hydrogen) atoms. The number of sulfonamides is 1. The maximum Gasteiger partial charge on any atom is 0.243 e. The van der Waals surface area contributed by atoms with Gasteiger partial charge in [-0.25, -0.2) is 13.4 Å². The number of carbonyl (C=O) groups is 1. The number of aromatic nitrogens is 1. The summed E-state index contributed by atoms with van der Waals surface area (Å²) in [4.78, 5) is 20.6. The molecule has 1 aliphatic rings. The van der Waals surface area contributed by atoms with Crippen molar-refractivity contribution in [2.24, 2.45) is 5.92 Å². The average Bonchev–Trinajstić information content (AvgIpc) is 3.39. The summed E-state index contributed by atoms with van der Waals surface area (Å²) in [5.41, 5.74) is 1.57. The van der Waals surface area contributed by atoms with Crippen LogP contribution in [0.3, 0.4) is 0 Å². The van der Waals surface area contributed by atoms with Gasteiger partial charge in [-0.3, -0.25) is 9.69 Å². The Morgan fingerprint density at radius 3 is 2.39 bits per heavy atom. The highest BCUT2D eigenvalue weighted by Crippen LogP contribution is 2.40. The first-order valence-corrected chi connectivity index (χ1v) is 15.0. The van der Waals surface area contributed by atoms with Gasteiger partial charge in [0.1, 0.15) is 11.3 Å². The SMILES string of the molecule is COc1ccc(Cl)c2sc(N(Cc3ccccc3)C(=O)C3CCN(S(=O)(=O)c4ccc(Cl)cc4)CC3)nc12. The summed E-state index contributed by atoms with van der Waals surface area (Å²) in [6.45, 7) is 0.836. The molecule has 3 aromatic carbocycles. The van der Waals surface area contributed by atoms with Crippen molar-refractivity contribution in [2.75, 3.05) is 25.1 Å². The number of benzene rings is 3. The normalized spacial score (nSPS) is 15.0. The zero-order chi connectivity index (χ0) is 26.9. The summed E-state index contributed by atoms with van der Waals surface area (Å²) < 4.78 is 33.9. The molecule has 4 aromatic rings. The van der Waals surface area contributed by atoms with E-state index in [9.17, 15) is 13.2 Å². The fourth-order valence-corrected chi connectivity index (χ4v) is 7.40. The Bertz CT molecular complexity index is 1550. The molecule has 0 N–H and O–H groups in total. The molecule has 0 atom stereocenters. The molecule has 0 bridgehead atoms. The molecule has 1 aromatic heterocycles. The van der Waals surface area contributed by atoms with Gasteiger partial charge in [0, 0.05) is 24.0 Å². The number of fused-ring (bicyclic) bond motifs is 1. The molecule has 1 saturated heterocycles. The van der Waals surface area contributed by atoms with Gasteiger partial charge < -0.3 is 4.74 Å². The van der Waals surface area contributed by atoms with Crippen LogP contribution in [0.2, 0.25) is 10.0 Å². The predicted octanol–water partition coefficient (Wildman–Crippen LogP) is 6.25. The third kappa shape index (κ3) is 5.39. The van der Waals surface area contributed by atoms with Gasteiger partial charge in [0.15, 0.2) is 5.13 Å². The third-order valence-corrected chi connectivity index (χ3v) is 10.3. The molecule has 7 nitrogen and oxygen atoms in total. The molecule has 0 radical (unpaired) electrons. The average molecular weight is 591 g/mol. The van der Waals surface area contributed by atoms with Gasteiger partial charge in [-0.15, -0.1) is 0 Å². The molecule has 2 heterocycles. The zero-order valence-corrected chi connectivity index (χ0v) is 23.7. The summed E-state index contributed by atoms with van der Waals surface area (Å²) >= 11 is 13.7. The number of piperidine rings is 1. The van der Waals surface area contributed by atoms with E-state index in [1.807, 2.05) is 30.3 Å². The second-order valence-corrected chi connectivity index (χ2v) is 12.7. The monoisotopic (exact) mass is 589 g/mol. The Kier molecular flexibility index (Phi) is 7.93. The number of hydrogen-bond donors (Lipinski definition) is 0. The van der Waals surface area contributed by atoms with E-state index in [0.717, 1.165) is 10.3 Å². The zero-order valence-electron chi connectivity index (χ0n) is 20.5. The second kappa shape index (κ2) is 11.2. The highest BCUT2D eigenvalue weighted by molar-refractivity contribution is 7.89. The number of halogens is 2. The van der Waals surface area contributed by atoms with Gasteiger partial charge in [-0.2, -0.15) is 4.31 Å². The number of amides is 1. The maximum absolute atomic E-state index is 13.9. The molecule has 11 heteroatoms. The molecule has 0 unspecified atom stereocenters. The predicted molar refractivity (Wildman–Crippen MR) is 152 cm³/mol. The number of rotatable bonds is 7. The minimum Gasteiger partial charge on any atom is -0.494 e. The number of methoxy groups -OCH3 is 1. The third-order valence-electron chi connectivity index (χ3n) is 6.60. The number of anilines is 1. The van der Waals surface area contributed by atoms with Crippen LogP contribution in [-0.4, -0.2) is 43.8 Å². The quantitative estimate of drug-likeness (QED) is 0.255. The maximum atomic E-state index is 13.9. The van der Waals surface area contributed by atoms with Crippen molar-refractivity contribution < 1.29 is 17.9 Å². The number of hydrogen-bond acceptors (Lipinski definition) is 6. The van der Waals surface area contributed by atoms with Crippen LogP contribution >= 0.6 is 34.5 Å². The standard InChI is InChI=1S/C27H25Cl2N3O4S2/c1-36-23-12-11-22(29)25-24(23)30-27(37-25)32(17-18-5-3-2-4-6-18)26(33)19-13-15-31(16-14-19)38(34,35)21-9-7-20(28)8-10-21/h2-12,19H,13-17H2,1H3. The first kappa shape index (κ1) is 26.9. The first-order chi connectivity index (χ1) is 18.3. The molecule has 0 saturated carbocycles. The molecule has 1 amide bonds. The van der Waals surface area contributed by atoms with Crippen LogP contribution in [0.4, 0.5) is 5.13 Å².